The van der Waals surface area contributed by atoms with Crippen molar-refractivity contribution < 1.29 is 0 Å². The van der Waals surface area contributed by atoms with Gasteiger partial charge in [-0.15, -0.1) is 0 Å². The fourth-order valence-corrected chi connectivity index (χ4v) is 3.22. The molecule has 0 fully saturated rings. The number of rotatable bonds is 2. The van der Waals surface area contributed by atoms with E-state index in [2.05, 4.69) is 54.6 Å². The Bertz CT molecular complexity index is 403. The van der Waals surface area contributed by atoms with Gasteiger partial charge in [0.25, 0.3) is 0 Å². The number of hydrogen-bond acceptors (Lipinski definition) is 1. The van der Waals surface area contributed by atoms with Crippen LogP contribution in [0.5, 0.6) is 0 Å². The molecule has 3 heteroatoms. The lowest BCUT2D eigenvalue weighted by Gasteiger charge is -2.34. The van der Waals surface area contributed by atoms with Gasteiger partial charge in [0.05, 0.1) is 19.2 Å². The van der Waals surface area contributed by atoms with Crippen molar-refractivity contribution in [3.8, 4) is 6.07 Å². The smallest absolute Gasteiger partial charge is 0.0731 e. The molecule has 0 spiro atoms. The lowest BCUT2D eigenvalue weighted by atomic mass is 10.0. The quantitative estimate of drug-likeness (QED) is 0.749. The van der Waals surface area contributed by atoms with Crippen LogP contribution in [0, 0.1) is 11.3 Å². The predicted octanol–water partition coefficient (Wildman–Crippen LogP) is 4.11. The van der Waals surface area contributed by atoms with Crippen LogP contribution >= 0.6 is 15.9 Å². The Morgan fingerprint density at radius 3 is 2.33 bits per heavy atom. The third-order valence-electron chi connectivity index (χ3n) is 3.13. The van der Waals surface area contributed by atoms with E-state index in [-0.39, 0.29) is 5.04 Å². The second-order valence-electron chi connectivity index (χ2n) is 5.00. The van der Waals surface area contributed by atoms with E-state index >= 15 is 0 Å². The maximum Gasteiger partial charge on any atom is 0.0731 e. The molecule has 0 amide bonds. The average Bonchev–Trinajstić information content (AvgIpc) is 2.14. The van der Waals surface area contributed by atoms with Crippen LogP contribution in [0.4, 0.5) is 0 Å². The Kier molecular flexibility index (Phi) is 3.42. The van der Waals surface area contributed by atoms with Crippen molar-refractivity contribution in [1.82, 2.24) is 0 Å². The molecule has 1 aromatic carbocycles. The number of nitriles is 1. The van der Waals surface area contributed by atoms with Gasteiger partial charge in [0, 0.05) is 4.47 Å². The lowest BCUT2D eigenvalue weighted by molar-refractivity contribution is 0.826. The summed E-state index contributed by atoms with van der Waals surface area (Å²) < 4.78 is 1.04. The van der Waals surface area contributed by atoms with Crippen LogP contribution in [0.3, 0.4) is 0 Å². The van der Waals surface area contributed by atoms with Crippen molar-refractivity contribution in [2.75, 3.05) is 0 Å². The highest BCUT2D eigenvalue weighted by Gasteiger charge is 2.40. The highest BCUT2D eigenvalue weighted by Crippen LogP contribution is 2.34. The molecule has 0 saturated carbocycles. The molecule has 80 valence electrons. The topological polar surface area (TPSA) is 23.8 Å². The molecule has 0 aromatic heterocycles. The summed E-state index contributed by atoms with van der Waals surface area (Å²) >= 11 is 3.46. The minimum atomic E-state index is -1.56. The van der Waals surface area contributed by atoms with E-state index in [0.717, 1.165) is 10.0 Å². The zero-order chi connectivity index (χ0) is 11.7. The molecule has 0 heterocycles. The summed E-state index contributed by atoms with van der Waals surface area (Å²) in [7, 11) is -1.56. The summed E-state index contributed by atoms with van der Waals surface area (Å²) in [4.78, 5) is 0. The summed E-state index contributed by atoms with van der Waals surface area (Å²) in [6, 6.07) is 10.6. The highest BCUT2D eigenvalue weighted by atomic mass is 79.9. The van der Waals surface area contributed by atoms with Gasteiger partial charge in [-0.3, -0.25) is 0 Å². The van der Waals surface area contributed by atoms with E-state index < -0.39 is 8.07 Å². The van der Waals surface area contributed by atoms with E-state index in [0.29, 0.717) is 0 Å². The van der Waals surface area contributed by atoms with Crippen LogP contribution in [-0.2, 0) is 5.04 Å². The van der Waals surface area contributed by atoms with Gasteiger partial charge in [-0.1, -0.05) is 47.7 Å². The van der Waals surface area contributed by atoms with Crippen LogP contribution in [-0.4, -0.2) is 8.07 Å². The maximum absolute atomic E-state index is 9.43. The van der Waals surface area contributed by atoms with E-state index in [1.807, 2.05) is 18.2 Å². The minimum absolute atomic E-state index is 0.323. The first-order chi connectivity index (χ1) is 6.81. The fourth-order valence-electron chi connectivity index (χ4n) is 1.46. The summed E-state index contributed by atoms with van der Waals surface area (Å²) in [6.45, 7) is 8.76. The number of nitrogens with zero attached hydrogens (tertiary/aromatic N) is 1. The zero-order valence-electron chi connectivity index (χ0n) is 9.63. The Balaban J connectivity index is 3.32. The average molecular weight is 282 g/mol. The predicted molar refractivity (Wildman–Crippen MR) is 70.5 cm³/mol. The van der Waals surface area contributed by atoms with Crippen molar-refractivity contribution >= 4 is 24.0 Å². The molecule has 0 aliphatic rings. The summed E-state index contributed by atoms with van der Waals surface area (Å²) in [5, 5.41) is 9.11. The van der Waals surface area contributed by atoms with Gasteiger partial charge < -0.3 is 0 Å². The van der Waals surface area contributed by atoms with Gasteiger partial charge >= 0.3 is 0 Å². The summed E-state index contributed by atoms with van der Waals surface area (Å²) in [6.07, 6.45) is 0. The van der Waals surface area contributed by atoms with Crippen LogP contribution in [0.1, 0.15) is 12.5 Å². The molecule has 1 unspecified atom stereocenters. The first-order valence-corrected chi connectivity index (χ1v) is 9.28. The minimum Gasteiger partial charge on any atom is -0.198 e. The molecular formula is C12H16BrNSi. The SMILES string of the molecule is CC(C#N)(c1cccc(Br)c1)[Si](C)(C)C. The van der Waals surface area contributed by atoms with Crippen LogP contribution < -0.4 is 0 Å². The summed E-state index contributed by atoms with van der Waals surface area (Å²) in [5.41, 5.74) is 1.12. The number of halogens is 1. The Hall–Kier alpha value is -0.593. The largest absolute Gasteiger partial charge is 0.198 e. The molecule has 1 aromatic rings. The molecule has 0 aliphatic carbocycles. The second-order valence-corrected chi connectivity index (χ2v) is 11.4. The molecule has 0 N–H and O–H groups in total. The molecular weight excluding hydrogens is 266 g/mol. The van der Waals surface area contributed by atoms with E-state index in [1.54, 1.807) is 0 Å². The first-order valence-electron chi connectivity index (χ1n) is 4.98. The third-order valence-corrected chi connectivity index (χ3v) is 7.02. The van der Waals surface area contributed by atoms with E-state index in [9.17, 15) is 5.26 Å². The van der Waals surface area contributed by atoms with Crippen molar-refractivity contribution in [2.24, 2.45) is 0 Å². The molecule has 0 aliphatic heterocycles. The van der Waals surface area contributed by atoms with Gasteiger partial charge in [-0.2, -0.15) is 5.26 Å². The Morgan fingerprint density at radius 1 is 1.33 bits per heavy atom. The second kappa shape index (κ2) is 4.11. The third kappa shape index (κ3) is 2.32. The van der Waals surface area contributed by atoms with Crippen molar-refractivity contribution in [3.63, 3.8) is 0 Å². The number of benzene rings is 1. The summed E-state index contributed by atoms with van der Waals surface area (Å²) in [5.74, 6) is 0. The van der Waals surface area contributed by atoms with Crippen LogP contribution in [0.25, 0.3) is 0 Å². The Labute approximate surface area is 101 Å². The maximum atomic E-state index is 9.43. The monoisotopic (exact) mass is 281 g/mol. The molecule has 0 saturated heterocycles. The van der Waals surface area contributed by atoms with Gasteiger partial charge in [0.1, 0.15) is 0 Å². The van der Waals surface area contributed by atoms with Crippen molar-refractivity contribution in [2.45, 2.75) is 31.6 Å². The zero-order valence-corrected chi connectivity index (χ0v) is 12.2. The fraction of sp³-hybridized carbons (Fsp3) is 0.417. The van der Waals surface area contributed by atoms with Crippen molar-refractivity contribution in [1.29, 1.82) is 5.26 Å². The molecule has 1 atom stereocenters. The van der Waals surface area contributed by atoms with Crippen LogP contribution in [0.15, 0.2) is 28.7 Å². The number of hydrogen-bond donors (Lipinski definition) is 0. The van der Waals surface area contributed by atoms with Crippen LogP contribution in [0.2, 0.25) is 19.6 Å². The van der Waals surface area contributed by atoms with Gasteiger partial charge in [-0.05, 0) is 24.6 Å². The normalized spacial score (nSPS) is 15.5. The Morgan fingerprint density at radius 2 is 1.93 bits per heavy atom. The van der Waals surface area contributed by atoms with Gasteiger partial charge in [-0.25, -0.2) is 0 Å². The molecule has 15 heavy (non-hydrogen) atoms. The molecule has 1 rings (SSSR count). The first kappa shape index (κ1) is 12.5. The molecule has 0 radical (unpaired) electrons. The molecule has 1 nitrogen and oxygen atoms in total. The standard InChI is InChI=1S/C12H16BrNSi/c1-12(9-14,15(2,3)4)10-6-5-7-11(13)8-10/h5-8H,1-4H3. The van der Waals surface area contributed by atoms with Gasteiger partial charge in [0.2, 0.25) is 0 Å². The van der Waals surface area contributed by atoms with Crippen molar-refractivity contribution in [3.05, 3.63) is 34.3 Å². The molecule has 0 bridgehead atoms. The van der Waals surface area contributed by atoms with E-state index in [4.69, 9.17) is 0 Å². The van der Waals surface area contributed by atoms with Gasteiger partial charge in [0.15, 0.2) is 0 Å². The van der Waals surface area contributed by atoms with E-state index in [1.165, 1.54) is 0 Å². The highest BCUT2D eigenvalue weighted by molar-refractivity contribution is 9.10. The lowest BCUT2D eigenvalue weighted by Crippen LogP contribution is -2.46.